The van der Waals surface area contributed by atoms with Gasteiger partial charge in [-0.05, 0) is 26.8 Å². The van der Waals surface area contributed by atoms with Gasteiger partial charge in [0, 0.05) is 12.6 Å². The van der Waals surface area contributed by atoms with Gasteiger partial charge < -0.3 is 15.7 Å². The van der Waals surface area contributed by atoms with Crippen LogP contribution in [0.3, 0.4) is 0 Å². The van der Waals surface area contributed by atoms with Crippen LogP contribution in [0.1, 0.15) is 20.3 Å². The van der Waals surface area contributed by atoms with Crippen molar-refractivity contribution in [3.05, 3.63) is 0 Å². The van der Waals surface area contributed by atoms with Crippen LogP contribution in [0.2, 0.25) is 0 Å². The lowest BCUT2D eigenvalue weighted by Gasteiger charge is -2.15. The third-order valence-corrected chi connectivity index (χ3v) is 2.43. The molecule has 1 aliphatic heterocycles. The van der Waals surface area contributed by atoms with Gasteiger partial charge in [0.05, 0.1) is 12.0 Å². The van der Waals surface area contributed by atoms with Gasteiger partial charge in [0.25, 0.3) is 0 Å². The minimum absolute atomic E-state index is 0.0541. The molecular weight excluding hydrogens is 168 g/mol. The van der Waals surface area contributed by atoms with Gasteiger partial charge in [0.15, 0.2) is 0 Å². The second kappa shape index (κ2) is 4.58. The highest BCUT2D eigenvalue weighted by molar-refractivity contribution is 5.79. The Bertz CT molecular complexity index is 182. The van der Waals surface area contributed by atoms with Gasteiger partial charge in [0.1, 0.15) is 0 Å². The van der Waals surface area contributed by atoms with Gasteiger partial charge in [-0.15, -0.1) is 0 Å². The molecule has 0 spiro atoms. The van der Waals surface area contributed by atoms with Crippen molar-refractivity contribution in [3.63, 3.8) is 0 Å². The monoisotopic (exact) mass is 186 g/mol. The summed E-state index contributed by atoms with van der Waals surface area (Å²) in [6.07, 6.45) is 0.431. The maximum Gasteiger partial charge on any atom is 0.224 e. The summed E-state index contributed by atoms with van der Waals surface area (Å²) in [5.74, 6) is 0.122. The fourth-order valence-electron chi connectivity index (χ4n) is 1.60. The minimum atomic E-state index is -0.464. The van der Waals surface area contributed by atoms with Gasteiger partial charge in [0.2, 0.25) is 5.91 Å². The first kappa shape index (κ1) is 10.5. The molecule has 76 valence electrons. The molecule has 3 unspecified atom stereocenters. The normalized spacial score (nSPS) is 30.1. The highest BCUT2D eigenvalue weighted by Crippen LogP contribution is 2.14. The number of hydrogen-bond acceptors (Lipinski definition) is 3. The van der Waals surface area contributed by atoms with E-state index in [1.54, 1.807) is 6.92 Å². The lowest BCUT2D eigenvalue weighted by Crippen LogP contribution is -2.39. The first-order chi connectivity index (χ1) is 6.11. The molecule has 0 saturated carbocycles. The Labute approximate surface area is 78.7 Å². The summed E-state index contributed by atoms with van der Waals surface area (Å²) in [4.78, 5) is 11.5. The summed E-state index contributed by atoms with van der Waals surface area (Å²) in [5.41, 5.74) is 0. The first-order valence-corrected chi connectivity index (χ1v) is 4.80. The molecule has 1 fully saturated rings. The van der Waals surface area contributed by atoms with Crippen molar-refractivity contribution in [1.82, 2.24) is 10.6 Å². The van der Waals surface area contributed by atoms with Crippen LogP contribution in [0.25, 0.3) is 0 Å². The number of rotatable bonds is 3. The summed E-state index contributed by atoms with van der Waals surface area (Å²) < 4.78 is 0. The van der Waals surface area contributed by atoms with Gasteiger partial charge >= 0.3 is 0 Å². The van der Waals surface area contributed by atoms with Crippen LogP contribution in [0.5, 0.6) is 0 Å². The van der Waals surface area contributed by atoms with Gasteiger partial charge in [-0.3, -0.25) is 4.79 Å². The maximum absolute atomic E-state index is 11.5. The average Bonchev–Trinajstić information content (AvgIpc) is 2.47. The molecule has 1 aliphatic rings. The smallest absolute Gasteiger partial charge is 0.224 e. The Balaban J connectivity index is 2.30. The van der Waals surface area contributed by atoms with E-state index in [-0.39, 0.29) is 17.9 Å². The van der Waals surface area contributed by atoms with E-state index in [2.05, 4.69) is 10.6 Å². The fraction of sp³-hybridized carbons (Fsp3) is 0.889. The van der Waals surface area contributed by atoms with Crippen LogP contribution in [0, 0.1) is 5.92 Å². The zero-order valence-electron chi connectivity index (χ0n) is 8.21. The Morgan fingerprint density at radius 1 is 1.77 bits per heavy atom. The van der Waals surface area contributed by atoms with Crippen LogP contribution >= 0.6 is 0 Å². The van der Waals surface area contributed by atoms with Crippen molar-refractivity contribution >= 4 is 5.91 Å². The molecule has 0 bridgehead atoms. The van der Waals surface area contributed by atoms with Gasteiger partial charge in [-0.1, -0.05) is 0 Å². The molecule has 1 heterocycles. The number of hydrogen-bond donors (Lipinski definition) is 3. The number of nitrogens with one attached hydrogen (secondary N) is 2. The quantitative estimate of drug-likeness (QED) is 0.556. The molecule has 1 amide bonds. The van der Waals surface area contributed by atoms with E-state index in [1.165, 1.54) is 0 Å². The molecule has 3 atom stereocenters. The summed E-state index contributed by atoms with van der Waals surface area (Å²) in [7, 11) is 0. The van der Waals surface area contributed by atoms with E-state index in [4.69, 9.17) is 5.11 Å². The molecule has 13 heavy (non-hydrogen) atoms. The van der Waals surface area contributed by atoms with Crippen LogP contribution in [-0.4, -0.2) is 36.2 Å². The highest BCUT2D eigenvalue weighted by Gasteiger charge is 2.28. The predicted octanol–water partition coefficient (Wildman–Crippen LogP) is -0.519. The molecule has 3 N–H and O–H groups in total. The Morgan fingerprint density at radius 3 is 2.92 bits per heavy atom. The predicted molar refractivity (Wildman–Crippen MR) is 50.3 cm³/mol. The van der Waals surface area contributed by atoms with E-state index in [9.17, 15) is 4.79 Å². The summed E-state index contributed by atoms with van der Waals surface area (Å²) in [6, 6.07) is 0.258. The van der Waals surface area contributed by atoms with Gasteiger partial charge in [-0.2, -0.15) is 0 Å². The van der Waals surface area contributed by atoms with E-state index >= 15 is 0 Å². The topological polar surface area (TPSA) is 61.4 Å². The number of aliphatic hydroxyl groups excluding tert-OH is 1. The van der Waals surface area contributed by atoms with E-state index in [0.29, 0.717) is 6.54 Å². The van der Waals surface area contributed by atoms with Crippen LogP contribution in [-0.2, 0) is 4.79 Å². The Hall–Kier alpha value is -0.610. The fourth-order valence-corrected chi connectivity index (χ4v) is 1.60. The number of amides is 1. The molecule has 1 rings (SSSR count). The summed E-state index contributed by atoms with van der Waals surface area (Å²) in [5, 5.41) is 14.9. The molecule has 0 aromatic heterocycles. The molecule has 4 heteroatoms. The summed E-state index contributed by atoms with van der Waals surface area (Å²) >= 11 is 0. The molecule has 0 radical (unpaired) electrons. The second-order valence-electron chi connectivity index (χ2n) is 3.73. The van der Waals surface area contributed by atoms with Crippen LogP contribution in [0.4, 0.5) is 0 Å². The summed E-state index contributed by atoms with van der Waals surface area (Å²) in [6.45, 7) is 4.94. The third-order valence-electron chi connectivity index (χ3n) is 2.43. The third kappa shape index (κ3) is 2.97. The lowest BCUT2D eigenvalue weighted by molar-refractivity contribution is -0.125. The largest absolute Gasteiger partial charge is 0.392 e. The minimum Gasteiger partial charge on any atom is -0.392 e. The molecule has 1 saturated heterocycles. The molecule has 4 nitrogen and oxygen atoms in total. The lowest BCUT2D eigenvalue weighted by atomic mass is 10.0. The van der Waals surface area contributed by atoms with Crippen molar-refractivity contribution in [3.8, 4) is 0 Å². The van der Waals surface area contributed by atoms with E-state index in [0.717, 1.165) is 13.0 Å². The first-order valence-electron chi connectivity index (χ1n) is 4.80. The van der Waals surface area contributed by atoms with E-state index in [1.807, 2.05) is 6.92 Å². The van der Waals surface area contributed by atoms with Crippen LogP contribution in [0.15, 0.2) is 0 Å². The van der Waals surface area contributed by atoms with Crippen molar-refractivity contribution in [2.75, 3.05) is 13.1 Å². The van der Waals surface area contributed by atoms with Gasteiger partial charge in [-0.25, -0.2) is 0 Å². The zero-order chi connectivity index (χ0) is 9.84. The number of carbonyl (C=O) groups excluding carboxylic acids is 1. The Morgan fingerprint density at radius 2 is 2.46 bits per heavy atom. The molecular formula is C9H18N2O2. The number of aliphatic hydroxyl groups is 1. The van der Waals surface area contributed by atoms with Crippen LogP contribution < -0.4 is 10.6 Å². The van der Waals surface area contributed by atoms with Crippen molar-refractivity contribution < 1.29 is 9.90 Å². The van der Waals surface area contributed by atoms with E-state index < -0.39 is 6.10 Å². The zero-order valence-corrected chi connectivity index (χ0v) is 8.21. The number of carbonyl (C=O) groups is 1. The Kier molecular flexibility index (Phi) is 3.69. The van der Waals surface area contributed by atoms with Crippen molar-refractivity contribution in [2.45, 2.75) is 32.4 Å². The maximum atomic E-state index is 11.5. The van der Waals surface area contributed by atoms with Crippen molar-refractivity contribution in [1.29, 1.82) is 0 Å². The highest BCUT2D eigenvalue weighted by atomic mass is 16.3. The standard InChI is InChI=1S/C9H18N2O2/c1-6(12)5-11-9(13)8-3-4-10-7(8)2/h6-8,10,12H,3-5H2,1-2H3,(H,11,13). The average molecular weight is 186 g/mol. The second-order valence-corrected chi connectivity index (χ2v) is 3.73. The molecule has 0 aliphatic carbocycles. The SMILES string of the molecule is CC(O)CNC(=O)C1CCNC1C. The van der Waals surface area contributed by atoms with Crippen molar-refractivity contribution in [2.24, 2.45) is 5.92 Å². The molecule has 0 aromatic carbocycles. The molecule has 0 aromatic rings.